The quantitative estimate of drug-likeness (QED) is 0.801. The lowest BCUT2D eigenvalue weighted by Gasteiger charge is -2.33. The van der Waals surface area contributed by atoms with Gasteiger partial charge in [0.05, 0.1) is 12.7 Å². The van der Waals surface area contributed by atoms with Crippen molar-refractivity contribution in [2.45, 2.75) is 11.8 Å². The summed E-state index contributed by atoms with van der Waals surface area (Å²) >= 11 is 5.97. The highest BCUT2D eigenvalue weighted by Gasteiger charge is 2.30. The SMILES string of the molecule is Cc1ccc(Cl)cc1NC(=O)CN1CCN(S(=O)(=O)c2cnn(C)c2)CC1. The number of benzene rings is 1. The molecule has 3 rings (SSSR count). The number of sulfonamides is 1. The Morgan fingerprint density at radius 2 is 1.96 bits per heavy atom. The maximum atomic E-state index is 12.6. The van der Waals surface area contributed by atoms with Crippen LogP contribution in [0.25, 0.3) is 0 Å². The molecule has 1 fully saturated rings. The van der Waals surface area contributed by atoms with E-state index in [1.807, 2.05) is 17.9 Å². The van der Waals surface area contributed by atoms with Crippen LogP contribution in [-0.2, 0) is 21.9 Å². The Morgan fingerprint density at radius 1 is 1.26 bits per heavy atom. The highest BCUT2D eigenvalue weighted by atomic mass is 35.5. The first kappa shape index (κ1) is 19.8. The van der Waals surface area contributed by atoms with Crippen LogP contribution in [0.4, 0.5) is 5.69 Å². The van der Waals surface area contributed by atoms with Crippen molar-refractivity contribution in [2.24, 2.45) is 7.05 Å². The Labute approximate surface area is 163 Å². The lowest BCUT2D eigenvalue weighted by Crippen LogP contribution is -2.50. The summed E-state index contributed by atoms with van der Waals surface area (Å²) in [7, 11) is -1.87. The molecule has 0 radical (unpaired) electrons. The summed E-state index contributed by atoms with van der Waals surface area (Å²) in [5.74, 6) is -0.149. The number of hydrogen-bond acceptors (Lipinski definition) is 5. The van der Waals surface area contributed by atoms with Gasteiger partial charge in [0.25, 0.3) is 0 Å². The fourth-order valence-corrected chi connectivity index (χ4v) is 4.51. The molecule has 0 bridgehead atoms. The molecule has 1 N–H and O–H groups in total. The lowest BCUT2D eigenvalue weighted by molar-refractivity contribution is -0.117. The third kappa shape index (κ3) is 4.67. The number of piperazine rings is 1. The van der Waals surface area contributed by atoms with E-state index in [-0.39, 0.29) is 17.3 Å². The highest BCUT2D eigenvalue weighted by molar-refractivity contribution is 7.89. The molecule has 0 unspecified atom stereocenters. The number of amides is 1. The summed E-state index contributed by atoms with van der Waals surface area (Å²) < 4.78 is 28.1. The van der Waals surface area contributed by atoms with Crippen LogP contribution in [0.3, 0.4) is 0 Å². The molecule has 1 aliphatic rings. The van der Waals surface area contributed by atoms with Gasteiger partial charge in [0.2, 0.25) is 15.9 Å². The fraction of sp³-hybridized carbons (Fsp3) is 0.412. The minimum absolute atomic E-state index is 0.149. The Morgan fingerprint density at radius 3 is 2.59 bits per heavy atom. The van der Waals surface area contributed by atoms with E-state index in [1.54, 1.807) is 19.2 Å². The second-order valence-corrected chi connectivity index (χ2v) is 8.91. The molecule has 1 aliphatic heterocycles. The van der Waals surface area contributed by atoms with Crippen molar-refractivity contribution >= 4 is 33.2 Å². The van der Waals surface area contributed by atoms with Gasteiger partial charge in [-0.2, -0.15) is 9.40 Å². The first-order valence-corrected chi connectivity index (χ1v) is 10.3. The van der Waals surface area contributed by atoms with Crippen molar-refractivity contribution in [3.05, 3.63) is 41.2 Å². The number of nitrogens with zero attached hydrogens (tertiary/aromatic N) is 4. The monoisotopic (exact) mass is 411 g/mol. The van der Waals surface area contributed by atoms with Crippen LogP contribution in [0.1, 0.15) is 5.56 Å². The average Bonchev–Trinajstić information content (AvgIpc) is 3.06. The van der Waals surface area contributed by atoms with Gasteiger partial charge in [0.1, 0.15) is 4.90 Å². The van der Waals surface area contributed by atoms with Crippen molar-refractivity contribution in [3.8, 4) is 0 Å². The highest BCUT2D eigenvalue weighted by Crippen LogP contribution is 2.20. The van der Waals surface area contributed by atoms with Crippen molar-refractivity contribution < 1.29 is 13.2 Å². The summed E-state index contributed by atoms with van der Waals surface area (Å²) in [6, 6.07) is 5.33. The molecule has 0 saturated carbocycles. The number of halogens is 1. The molecule has 2 aromatic rings. The normalized spacial score (nSPS) is 16.4. The van der Waals surface area contributed by atoms with E-state index in [0.717, 1.165) is 5.56 Å². The van der Waals surface area contributed by atoms with Crippen LogP contribution in [0.5, 0.6) is 0 Å². The van der Waals surface area contributed by atoms with Crippen LogP contribution in [0.2, 0.25) is 5.02 Å². The van der Waals surface area contributed by atoms with Gasteiger partial charge in [0, 0.05) is 50.1 Å². The van der Waals surface area contributed by atoms with E-state index in [9.17, 15) is 13.2 Å². The van der Waals surface area contributed by atoms with Crippen LogP contribution in [-0.4, -0.2) is 66.0 Å². The number of nitrogens with one attached hydrogen (secondary N) is 1. The molecule has 0 aliphatic carbocycles. The Balaban J connectivity index is 1.55. The number of aromatic nitrogens is 2. The summed E-state index contributed by atoms with van der Waals surface area (Å²) in [6.45, 7) is 3.74. The Kier molecular flexibility index (Phi) is 5.85. The average molecular weight is 412 g/mol. The van der Waals surface area contributed by atoms with Crippen LogP contribution in [0, 0.1) is 6.92 Å². The van der Waals surface area contributed by atoms with E-state index >= 15 is 0 Å². The summed E-state index contributed by atoms with van der Waals surface area (Å²) in [5.41, 5.74) is 1.62. The van der Waals surface area contributed by atoms with E-state index < -0.39 is 10.0 Å². The zero-order chi connectivity index (χ0) is 19.6. The van der Waals surface area contributed by atoms with E-state index in [4.69, 9.17) is 11.6 Å². The fourth-order valence-electron chi connectivity index (χ4n) is 2.93. The standard InChI is InChI=1S/C17H22ClN5O3S/c1-13-3-4-14(18)9-16(13)20-17(24)12-22-5-7-23(8-6-22)27(25,26)15-10-19-21(2)11-15/h3-4,9-11H,5-8,12H2,1-2H3,(H,20,24). The minimum Gasteiger partial charge on any atom is -0.325 e. The largest absolute Gasteiger partial charge is 0.325 e. The first-order valence-electron chi connectivity index (χ1n) is 8.53. The van der Waals surface area contributed by atoms with Crippen molar-refractivity contribution in [1.82, 2.24) is 19.0 Å². The number of carbonyl (C=O) groups excluding carboxylic acids is 1. The zero-order valence-corrected chi connectivity index (χ0v) is 16.8. The number of carbonyl (C=O) groups is 1. The van der Waals surface area contributed by atoms with Crippen LogP contribution >= 0.6 is 11.6 Å². The maximum Gasteiger partial charge on any atom is 0.246 e. The number of anilines is 1. The molecule has 8 nitrogen and oxygen atoms in total. The van der Waals surface area contributed by atoms with Gasteiger partial charge in [-0.25, -0.2) is 8.42 Å². The van der Waals surface area contributed by atoms with E-state index in [1.165, 1.54) is 21.4 Å². The lowest BCUT2D eigenvalue weighted by atomic mass is 10.2. The second kappa shape index (κ2) is 7.97. The Hall–Kier alpha value is -1.94. The van der Waals surface area contributed by atoms with Gasteiger partial charge in [-0.3, -0.25) is 14.4 Å². The molecule has 1 saturated heterocycles. The third-order valence-electron chi connectivity index (χ3n) is 4.49. The molecule has 2 heterocycles. The van der Waals surface area contributed by atoms with Gasteiger partial charge < -0.3 is 5.32 Å². The van der Waals surface area contributed by atoms with Gasteiger partial charge in [0.15, 0.2) is 0 Å². The second-order valence-electron chi connectivity index (χ2n) is 6.54. The van der Waals surface area contributed by atoms with Crippen molar-refractivity contribution in [3.63, 3.8) is 0 Å². The number of hydrogen-bond donors (Lipinski definition) is 1. The molecule has 1 amide bonds. The molecule has 27 heavy (non-hydrogen) atoms. The summed E-state index contributed by atoms with van der Waals surface area (Å²) in [4.78, 5) is 14.4. The van der Waals surface area contributed by atoms with Crippen LogP contribution in [0.15, 0.2) is 35.5 Å². The van der Waals surface area contributed by atoms with E-state index in [2.05, 4.69) is 10.4 Å². The first-order chi connectivity index (χ1) is 12.8. The van der Waals surface area contributed by atoms with E-state index in [0.29, 0.717) is 36.9 Å². The predicted molar refractivity (Wildman–Crippen MR) is 103 cm³/mol. The number of rotatable bonds is 5. The van der Waals surface area contributed by atoms with Gasteiger partial charge in [-0.05, 0) is 24.6 Å². The molecule has 146 valence electrons. The van der Waals surface area contributed by atoms with Gasteiger partial charge in [-0.1, -0.05) is 17.7 Å². The molecule has 10 heteroatoms. The third-order valence-corrected chi connectivity index (χ3v) is 6.58. The molecular weight excluding hydrogens is 390 g/mol. The molecule has 1 aromatic heterocycles. The molecule has 0 atom stereocenters. The summed E-state index contributed by atoms with van der Waals surface area (Å²) in [6.07, 6.45) is 2.84. The topological polar surface area (TPSA) is 87.5 Å². The van der Waals surface area contributed by atoms with Crippen LogP contribution < -0.4 is 5.32 Å². The maximum absolute atomic E-state index is 12.6. The number of aryl methyl sites for hydroxylation is 2. The molecule has 0 spiro atoms. The molecular formula is C17H22ClN5O3S. The summed E-state index contributed by atoms with van der Waals surface area (Å²) in [5, 5.41) is 7.34. The zero-order valence-electron chi connectivity index (χ0n) is 15.2. The van der Waals surface area contributed by atoms with Gasteiger partial charge >= 0.3 is 0 Å². The van der Waals surface area contributed by atoms with Gasteiger partial charge in [-0.15, -0.1) is 0 Å². The van der Waals surface area contributed by atoms with Crippen molar-refractivity contribution in [2.75, 3.05) is 38.0 Å². The Bertz CT molecular complexity index is 936. The van der Waals surface area contributed by atoms with Crippen molar-refractivity contribution in [1.29, 1.82) is 0 Å². The smallest absolute Gasteiger partial charge is 0.246 e. The predicted octanol–water partition coefficient (Wildman–Crippen LogP) is 1.33. The molecule has 1 aromatic carbocycles. The minimum atomic E-state index is -3.54.